The highest BCUT2D eigenvalue weighted by Gasteiger charge is 2.20. The van der Waals surface area contributed by atoms with E-state index in [-0.39, 0.29) is 18.2 Å². The van der Waals surface area contributed by atoms with Gasteiger partial charge in [-0.25, -0.2) is 0 Å². The molecule has 1 unspecified atom stereocenters. The smallest absolute Gasteiger partial charge is 0.216 e. The monoisotopic (exact) mass is 213 g/mol. The zero-order chi connectivity index (χ0) is 11.1. The Bertz CT molecular complexity index is 205. The first-order valence-corrected chi connectivity index (χ1v) is 5.24. The molecular formula is C10H17N2O3. The molecule has 2 heterocycles. The summed E-state index contributed by atoms with van der Waals surface area (Å²) in [4.78, 5) is 19.8. The molecule has 2 fully saturated rings. The number of hydrogen-bond donors (Lipinski definition) is 3. The van der Waals surface area contributed by atoms with Gasteiger partial charge in [-0.05, 0) is 25.8 Å². The quantitative estimate of drug-likeness (QED) is 0.500. The van der Waals surface area contributed by atoms with Gasteiger partial charge in [0.2, 0.25) is 6.29 Å². The predicted octanol–water partition coefficient (Wildman–Crippen LogP) is -1.24. The fourth-order valence-electron chi connectivity index (χ4n) is 1.64. The Kier molecular flexibility index (Phi) is 5.45. The average molecular weight is 213 g/mol. The highest BCUT2D eigenvalue weighted by molar-refractivity contribution is 5.58. The highest BCUT2D eigenvalue weighted by Crippen LogP contribution is 2.02. The van der Waals surface area contributed by atoms with Gasteiger partial charge in [-0.2, -0.15) is 0 Å². The number of β-amino-alcohol motifs (C(OH)–C–C–N with tert-alkyl or cyclic N) is 1. The lowest BCUT2D eigenvalue weighted by Gasteiger charge is -1.94. The molecule has 1 radical (unpaired) electrons. The maximum absolute atomic E-state index is 9.98. The van der Waals surface area contributed by atoms with Crippen LogP contribution in [0, 0.1) is 0 Å². The molecule has 3 N–H and O–H groups in total. The van der Waals surface area contributed by atoms with Crippen LogP contribution in [0.4, 0.5) is 0 Å². The van der Waals surface area contributed by atoms with Crippen LogP contribution in [0.5, 0.6) is 0 Å². The number of aliphatic hydroxyl groups excluding tert-OH is 1. The third kappa shape index (κ3) is 4.51. The van der Waals surface area contributed by atoms with Gasteiger partial charge in [0.25, 0.3) is 0 Å². The Hall–Kier alpha value is -0.780. The van der Waals surface area contributed by atoms with E-state index in [4.69, 9.17) is 5.11 Å². The van der Waals surface area contributed by atoms with Gasteiger partial charge in [0.15, 0.2) is 0 Å². The van der Waals surface area contributed by atoms with Gasteiger partial charge in [-0.3, -0.25) is 4.79 Å². The number of nitrogens with one attached hydrogen (secondary N) is 2. The number of carbonyl (C=O) groups excluding carboxylic acids is 2. The van der Waals surface area contributed by atoms with Gasteiger partial charge >= 0.3 is 0 Å². The Labute approximate surface area is 89.2 Å². The number of aliphatic hydroxyl groups is 1. The molecule has 2 rings (SSSR count). The highest BCUT2D eigenvalue weighted by atomic mass is 16.3. The van der Waals surface area contributed by atoms with Crippen molar-refractivity contribution < 1.29 is 14.7 Å². The summed E-state index contributed by atoms with van der Waals surface area (Å²) in [5, 5.41) is 14.6. The van der Waals surface area contributed by atoms with Crippen molar-refractivity contribution in [3.8, 4) is 0 Å². The summed E-state index contributed by atoms with van der Waals surface area (Å²) in [6.45, 7) is 1.54. The molecule has 3 atom stereocenters. The summed E-state index contributed by atoms with van der Waals surface area (Å²) < 4.78 is 0. The van der Waals surface area contributed by atoms with Crippen LogP contribution in [0.1, 0.15) is 19.3 Å². The van der Waals surface area contributed by atoms with Crippen molar-refractivity contribution in [2.45, 2.75) is 37.5 Å². The molecule has 5 nitrogen and oxygen atoms in total. The summed E-state index contributed by atoms with van der Waals surface area (Å²) in [7, 11) is 0. The first kappa shape index (κ1) is 12.3. The topological polar surface area (TPSA) is 78.4 Å². The first-order valence-electron chi connectivity index (χ1n) is 5.24. The van der Waals surface area contributed by atoms with E-state index >= 15 is 0 Å². The van der Waals surface area contributed by atoms with E-state index < -0.39 is 0 Å². The second-order valence-corrected chi connectivity index (χ2v) is 3.81. The van der Waals surface area contributed by atoms with Crippen LogP contribution in [-0.4, -0.2) is 49.0 Å². The van der Waals surface area contributed by atoms with E-state index in [1.54, 1.807) is 0 Å². The SMILES string of the molecule is O=C[C@H]1CC(O)CN1.O=[C][C@@H]1CCCN1. The normalized spacial score (nSPS) is 34.3. The van der Waals surface area contributed by atoms with Crippen LogP contribution in [0.2, 0.25) is 0 Å². The molecule has 0 aromatic rings. The van der Waals surface area contributed by atoms with Crippen LogP contribution in [0.3, 0.4) is 0 Å². The van der Waals surface area contributed by atoms with Gasteiger partial charge in [0, 0.05) is 6.54 Å². The van der Waals surface area contributed by atoms with Crippen LogP contribution in [0.25, 0.3) is 0 Å². The molecular weight excluding hydrogens is 196 g/mol. The van der Waals surface area contributed by atoms with Crippen molar-refractivity contribution in [2.24, 2.45) is 0 Å². The zero-order valence-electron chi connectivity index (χ0n) is 8.61. The van der Waals surface area contributed by atoms with Crippen LogP contribution in [-0.2, 0) is 9.59 Å². The Morgan fingerprint density at radius 2 is 2.20 bits per heavy atom. The minimum Gasteiger partial charge on any atom is -0.392 e. The molecule has 0 aliphatic carbocycles. The number of hydrogen-bond acceptors (Lipinski definition) is 5. The van der Waals surface area contributed by atoms with Gasteiger partial charge in [-0.1, -0.05) is 0 Å². The summed E-state index contributed by atoms with van der Waals surface area (Å²) in [6.07, 6.45) is 5.09. The lowest BCUT2D eigenvalue weighted by atomic mass is 10.2. The summed E-state index contributed by atoms with van der Waals surface area (Å²) >= 11 is 0. The molecule has 0 spiro atoms. The molecule has 0 aromatic heterocycles. The van der Waals surface area contributed by atoms with Crippen molar-refractivity contribution in [1.82, 2.24) is 10.6 Å². The molecule has 0 bridgehead atoms. The second kappa shape index (κ2) is 6.66. The molecule has 2 saturated heterocycles. The second-order valence-electron chi connectivity index (χ2n) is 3.81. The van der Waals surface area contributed by atoms with E-state index in [0.29, 0.717) is 13.0 Å². The number of rotatable bonds is 2. The summed E-state index contributed by atoms with van der Waals surface area (Å²) in [5.41, 5.74) is 0. The zero-order valence-corrected chi connectivity index (χ0v) is 8.61. The molecule has 85 valence electrons. The summed E-state index contributed by atoms with van der Waals surface area (Å²) in [6, 6.07) is -0.0648. The van der Waals surface area contributed by atoms with Crippen LogP contribution >= 0.6 is 0 Å². The van der Waals surface area contributed by atoms with Gasteiger partial charge in [0.05, 0.1) is 18.2 Å². The van der Waals surface area contributed by atoms with Crippen LogP contribution in [0.15, 0.2) is 0 Å². The molecule has 0 saturated carbocycles. The third-order valence-corrected chi connectivity index (χ3v) is 2.51. The van der Waals surface area contributed by atoms with E-state index in [9.17, 15) is 9.59 Å². The van der Waals surface area contributed by atoms with Crippen molar-refractivity contribution in [3.05, 3.63) is 0 Å². The van der Waals surface area contributed by atoms with Gasteiger partial charge in [0.1, 0.15) is 6.29 Å². The lowest BCUT2D eigenvalue weighted by molar-refractivity contribution is -0.109. The fraction of sp³-hybridized carbons (Fsp3) is 0.800. The minimum atomic E-state index is -0.315. The van der Waals surface area contributed by atoms with Crippen molar-refractivity contribution in [2.75, 3.05) is 13.1 Å². The minimum absolute atomic E-state index is 0.0417. The average Bonchev–Trinajstić information content (AvgIpc) is 2.88. The maximum Gasteiger partial charge on any atom is 0.216 e. The number of aldehydes is 1. The molecule has 0 aromatic carbocycles. The van der Waals surface area contributed by atoms with Crippen molar-refractivity contribution >= 4 is 12.6 Å². The van der Waals surface area contributed by atoms with Crippen molar-refractivity contribution in [3.63, 3.8) is 0 Å². The van der Waals surface area contributed by atoms with E-state index in [1.165, 1.54) is 0 Å². The Morgan fingerprint density at radius 1 is 1.40 bits per heavy atom. The van der Waals surface area contributed by atoms with Crippen LogP contribution < -0.4 is 10.6 Å². The molecule has 2 aliphatic heterocycles. The Morgan fingerprint density at radius 3 is 2.47 bits per heavy atom. The fourth-order valence-corrected chi connectivity index (χ4v) is 1.64. The standard InChI is InChI=1S/C5H9NO2.C5H8NO/c7-3-4-1-5(8)2-6-4;7-4-5-2-1-3-6-5/h3-6,8H,1-2H2;5-6H,1-3H2/t4-,5?;5-/m10/s1. The largest absolute Gasteiger partial charge is 0.392 e. The van der Waals surface area contributed by atoms with E-state index in [1.807, 2.05) is 6.29 Å². The molecule has 0 amide bonds. The van der Waals surface area contributed by atoms with Gasteiger partial charge < -0.3 is 20.5 Å². The third-order valence-electron chi connectivity index (χ3n) is 2.51. The molecule has 5 heteroatoms. The van der Waals surface area contributed by atoms with E-state index in [0.717, 1.165) is 25.7 Å². The first-order chi connectivity index (χ1) is 7.26. The maximum atomic E-state index is 9.98. The Balaban J connectivity index is 0.000000151. The summed E-state index contributed by atoms with van der Waals surface area (Å²) in [5.74, 6) is 0. The van der Waals surface area contributed by atoms with Crippen molar-refractivity contribution in [1.29, 1.82) is 0 Å². The molecule has 2 aliphatic rings. The van der Waals surface area contributed by atoms with Gasteiger partial charge in [-0.15, -0.1) is 0 Å². The van der Waals surface area contributed by atoms with E-state index in [2.05, 4.69) is 10.6 Å². The predicted molar refractivity (Wildman–Crippen MR) is 55.2 cm³/mol. The molecule has 15 heavy (non-hydrogen) atoms. The lowest BCUT2D eigenvalue weighted by Crippen LogP contribution is -2.22. The number of carbonyl (C=O) groups is 1.